The number of aromatic nitrogens is 4. The van der Waals surface area contributed by atoms with E-state index in [4.69, 9.17) is 0 Å². The van der Waals surface area contributed by atoms with E-state index in [0.29, 0.717) is 71.2 Å². The highest BCUT2D eigenvalue weighted by Gasteiger charge is 2.33. The van der Waals surface area contributed by atoms with Crippen molar-refractivity contribution in [1.82, 2.24) is 29.7 Å². The molecular weight excluding hydrogens is 562 g/mol. The number of imidazole rings is 2. The minimum absolute atomic E-state index is 0.0845. The predicted octanol–water partition coefficient (Wildman–Crippen LogP) is 7.20. The van der Waals surface area contributed by atoms with Crippen LogP contribution in [-0.4, -0.2) is 54.6 Å². The lowest BCUT2D eigenvalue weighted by molar-refractivity contribution is -0.133. The Balaban J connectivity index is 1.18. The van der Waals surface area contributed by atoms with Gasteiger partial charge in [-0.1, -0.05) is 32.9 Å². The Hall–Kier alpha value is -4.34. The van der Waals surface area contributed by atoms with Crippen molar-refractivity contribution >= 4 is 11.8 Å². The number of likely N-dealkylation sites (tertiary alicyclic amines) is 2. The molecule has 2 aliphatic rings. The summed E-state index contributed by atoms with van der Waals surface area (Å²) in [6, 6.07) is 9.36. The zero-order valence-electron chi connectivity index (χ0n) is 25.4. The van der Waals surface area contributed by atoms with E-state index < -0.39 is 11.6 Å². The Morgan fingerprint density at radius 3 is 1.73 bits per heavy atom. The SMILES string of the molecule is CCC(=O)N1CCC[C@H]1c1ncc(-c2ccc(-c3ccc(-c4cnc([C@@H]5CCCN5C(=O)CC(C)C)[nH]4)c(F)c3)cc2F)[nH]1. The van der Waals surface area contributed by atoms with Crippen LogP contribution in [-0.2, 0) is 9.59 Å². The highest BCUT2D eigenvalue weighted by atomic mass is 19.1. The zero-order chi connectivity index (χ0) is 31.0. The van der Waals surface area contributed by atoms with Gasteiger partial charge >= 0.3 is 0 Å². The van der Waals surface area contributed by atoms with Gasteiger partial charge in [-0.2, -0.15) is 0 Å². The van der Waals surface area contributed by atoms with Crippen molar-refractivity contribution in [3.8, 4) is 33.6 Å². The molecule has 2 aliphatic heterocycles. The molecule has 2 fully saturated rings. The summed E-state index contributed by atoms with van der Waals surface area (Å²) < 4.78 is 30.8. The summed E-state index contributed by atoms with van der Waals surface area (Å²) in [5.41, 5.74) is 2.86. The highest BCUT2D eigenvalue weighted by Crippen LogP contribution is 2.36. The number of H-pyrrole nitrogens is 2. The van der Waals surface area contributed by atoms with Gasteiger partial charge in [-0.15, -0.1) is 0 Å². The number of rotatable bonds is 8. The molecule has 0 bridgehead atoms. The number of nitrogens with zero attached hydrogens (tertiary/aromatic N) is 4. The third-order valence-electron chi connectivity index (χ3n) is 8.71. The molecule has 0 aliphatic carbocycles. The van der Waals surface area contributed by atoms with Gasteiger partial charge in [0.2, 0.25) is 11.8 Å². The zero-order valence-corrected chi connectivity index (χ0v) is 25.4. The predicted molar refractivity (Wildman–Crippen MR) is 164 cm³/mol. The first-order valence-corrected chi connectivity index (χ1v) is 15.5. The van der Waals surface area contributed by atoms with Gasteiger partial charge in [0.1, 0.15) is 23.3 Å². The molecule has 6 rings (SSSR count). The first-order chi connectivity index (χ1) is 21.2. The molecule has 10 heteroatoms. The maximum Gasteiger partial charge on any atom is 0.223 e. The van der Waals surface area contributed by atoms with Crippen LogP contribution in [0.25, 0.3) is 33.6 Å². The van der Waals surface area contributed by atoms with Crippen LogP contribution in [0.5, 0.6) is 0 Å². The monoisotopic (exact) mass is 600 g/mol. The molecule has 0 radical (unpaired) electrons. The Bertz CT molecular complexity index is 1680. The minimum atomic E-state index is -0.457. The van der Waals surface area contributed by atoms with Gasteiger partial charge in [0.05, 0.1) is 35.9 Å². The number of nitrogens with one attached hydrogen (secondary N) is 2. The number of hydrogen-bond donors (Lipinski definition) is 2. The van der Waals surface area contributed by atoms with Crippen LogP contribution in [0.15, 0.2) is 48.8 Å². The van der Waals surface area contributed by atoms with Crippen LogP contribution in [0, 0.1) is 17.6 Å². The summed E-state index contributed by atoms with van der Waals surface area (Å²) in [4.78, 5) is 44.2. The van der Waals surface area contributed by atoms with E-state index in [1.54, 1.807) is 36.7 Å². The number of aromatic amines is 2. The van der Waals surface area contributed by atoms with Gasteiger partial charge in [0, 0.05) is 37.1 Å². The molecule has 2 saturated heterocycles. The van der Waals surface area contributed by atoms with E-state index in [1.807, 2.05) is 30.6 Å². The fraction of sp³-hybridized carbons (Fsp3) is 0.412. The largest absolute Gasteiger partial charge is 0.340 e. The van der Waals surface area contributed by atoms with Gasteiger partial charge in [-0.05, 0) is 67.0 Å². The molecule has 44 heavy (non-hydrogen) atoms. The summed E-state index contributed by atoms with van der Waals surface area (Å²) in [6.07, 6.45) is 7.57. The lowest BCUT2D eigenvalue weighted by Crippen LogP contribution is -2.31. The van der Waals surface area contributed by atoms with Crippen molar-refractivity contribution in [1.29, 1.82) is 0 Å². The second-order valence-corrected chi connectivity index (χ2v) is 12.2. The van der Waals surface area contributed by atoms with E-state index >= 15 is 8.78 Å². The van der Waals surface area contributed by atoms with Gasteiger partial charge in [-0.3, -0.25) is 9.59 Å². The van der Waals surface area contributed by atoms with Gasteiger partial charge in [0.15, 0.2) is 0 Å². The fourth-order valence-electron chi connectivity index (χ4n) is 6.48. The molecule has 4 heterocycles. The third kappa shape index (κ3) is 5.77. The molecule has 0 unspecified atom stereocenters. The summed E-state index contributed by atoms with van der Waals surface area (Å²) in [6.45, 7) is 7.30. The quantitative estimate of drug-likeness (QED) is 0.224. The second kappa shape index (κ2) is 12.3. The van der Waals surface area contributed by atoms with E-state index in [2.05, 4.69) is 19.9 Å². The first kappa shape index (κ1) is 29.7. The van der Waals surface area contributed by atoms with Crippen LogP contribution < -0.4 is 0 Å². The molecule has 2 aromatic heterocycles. The van der Waals surface area contributed by atoms with E-state index in [9.17, 15) is 9.59 Å². The summed E-state index contributed by atoms with van der Waals surface area (Å²) in [5.74, 6) is 0.884. The Morgan fingerprint density at radius 1 is 0.818 bits per heavy atom. The van der Waals surface area contributed by atoms with E-state index in [0.717, 1.165) is 25.7 Å². The normalized spacial score (nSPS) is 18.5. The number of hydrogen-bond acceptors (Lipinski definition) is 4. The van der Waals surface area contributed by atoms with E-state index in [-0.39, 0.29) is 29.8 Å². The molecule has 0 saturated carbocycles. The van der Waals surface area contributed by atoms with Crippen molar-refractivity contribution in [3.05, 3.63) is 72.1 Å². The average Bonchev–Trinajstić information content (AvgIpc) is 3.82. The van der Waals surface area contributed by atoms with E-state index in [1.165, 1.54) is 12.1 Å². The summed E-state index contributed by atoms with van der Waals surface area (Å²) in [5, 5.41) is 0. The maximum absolute atomic E-state index is 15.4. The van der Waals surface area contributed by atoms with Crippen molar-refractivity contribution in [2.75, 3.05) is 13.1 Å². The van der Waals surface area contributed by atoms with Crippen molar-refractivity contribution < 1.29 is 18.4 Å². The minimum Gasteiger partial charge on any atom is -0.340 e. The van der Waals surface area contributed by atoms with Crippen molar-refractivity contribution in [3.63, 3.8) is 0 Å². The standard InChI is InChI=1S/C34H38F2N6O2/c1-4-31(43)41-13-5-7-29(41)33-37-18-27(39-33)23-11-9-21(16-25(23)35)22-10-12-24(26(36)17-22)28-19-38-34(40-28)30-8-6-14-42(30)32(44)15-20(2)3/h9-12,16-20,29-30H,4-8,13-15H2,1-3H3,(H,37,39)(H,38,40)/t29-,30-/m0/s1. The molecule has 4 aromatic rings. The van der Waals surface area contributed by atoms with Crippen LogP contribution in [0.1, 0.15) is 83.0 Å². The maximum atomic E-state index is 15.4. The molecule has 2 N–H and O–H groups in total. The van der Waals surface area contributed by atoms with Gasteiger partial charge < -0.3 is 19.8 Å². The lowest BCUT2D eigenvalue weighted by atomic mass is 10.00. The van der Waals surface area contributed by atoms with Gasteiger partial charge in [0.25, 0.3) is 0 Å². The van der Waals surface area contributed by atoms with Crippen molar-refractivity contribution in [2.24, 2.45) is 5.92 Å². The Kier molecular flexibility index (Phi) is 8.33. The Morgan fingerprint density at radius 2 is 1.30 bits per heavy atom. The van der Waals surface area contributed by atoms with Crippen LogP contribution in [0.2, 0.25) is 0 Å². The molecule has 2 aromatic carbocycles. The molecule has 230 valence electrons. The molecule has 2 atom stereocenters. The van der Waals surface area contributed by atoms with Crippen LogP contribution >= 0.6 is 0 Å². The first-order valence-electron chi connectivity index (χ1n) is 15.5. The third-order valence-corrected chi connectivity index (χ3v) is 8.71. The topological polar surface area (TPSA) is 98.0 Å². The second-order valence-electron chi connectivity index (χ2n) is 12.2. The molecule has 0 spiro atoms. The summed E-state index contributed by atoms with van der Waals surface area (Å²) in [7, 11) is 0. The number of benzene rings is 2. The highest BCUT2D eigenvalue weighted by molar-refractivity contribution is 5.78. The lowest BCUT2D eigenvalue weighted by Gasteiger charge is -2.24. The summed E-state index contributed by atoms with van der Waals surface area (Å²) >= 11 is 0. The molecule has 2 amide bonds. The number of carbonyl (C=O) groups excluding carboxylic acids is 2. The molecule has 8 nitrogen and oxygen atoms in total. The number of carbonyl (C=O) groups is 2. The average molecular weight is 601 g/mol. The molecular formula is C34H38F2N6O2. The Labute approximate surface area is 255 Å². The number of amides is 2. The fourth-order valence-corrected chi connectivity index (χ4v) is 6.48. The smallest absolute Gasteiger partial charge is 0.223 e. The van der Waals surface area contributed by atoms with Crippen LogP contribution in [0.3, 0.4) is 0 Å². The van der Waals surface area contributed by atoms with Gasteiger partial charge in [-0.25, -0.2) is 18.7 Å². The van der Waals surface area contributed by atoms with Crippen molar-refractivity contribution in [2.45, 2.75) is 71.4 Å². The number of halogens is 2. The van der Waals surface area contributed by atoms with Crippen LogP contribution in [0.4, 0.5) is 8.78 Å².